The minimum atomic E-state index is -0.00447. The number of amides is 1. The molecule has 1 rings (SSSR count). The molecule has 0 aromatic heterocycles. The lowest BCUT2D eigenvalue weighted by molar-refractivity contribution is -0.116. The first-order chi connectivity index (χ1) is 7.63. The molecule has 88 valence electrons. The van der Waals surface area contributed by atoms with Gasteiger partial charge in [0.1, 0.15) is 0 Å². The van der Waals surface area contributed by atoms with Gasteiger partial charge >= 0.3 is 0 Å². The zero-order chi connectivity index (χ0) is 12.0. The van der Waals surface area contributed by atoms with Gasteiger partial charge in [-0.1, -0.05) is 18.5 Å². The molecule has 0 bridgehead atoms. The molecule has 0 spiro atoms. The van der Waals surface area contributed by atoms with Gasteiger partial charge in [0, 0.05) is 23.1 Å². The van der Waals surface area contributed by atoms with Crippen LogP contribution in [0.25, 0.3) is 0 Å². The van der Waals surface area contributed by atoms with Gasteiger partial charge in [-0.2, -0.15) is 0 Å². The highest BCUT2D eigenvalue weighted by Gasteiger charge is 2.03. The lowest BCUT2D eigenvalue weighted by Crippen LogP contribution is -2.21. The molecular weight excluding hydrogens is 291 g/mol. The van der Waals surface area contributed by atoms with Crippen molar-refractivity contribution in [3.63, 3.8) is 0 Å². The van der Waals surface area contributed by atoms with Gasteiger partial charge in [0.15, 0.2) is 0 Å². The van der Waals surface area contributed by atoms with Crippen LogP contribution >= 0.6 is 27.5 Å². The Morgan fingerprint density at radius 1 is 1.50 bits per heavy atom. The molecule has 1 aromatic carbocycles. The Kier molecular flexibility index (Phi) is 5.80. The topological polar surface area (TPSA) is 41.1 Å². The maximum absolute atomic E-state index is 11.5. The smallest absolute Gasteiger partial charge is 0.225 e. The minimum Gasteiger partial charge on any atom is -0.326 e. The summed E-state index contributed by atoms with van der Waals surface area (Å²) in [5.41, 5.74) is 0.748. The summed E-state index contributed by atoms with van der Waals surface area (Å²) in [7, 11) is 0. The Bertz CT molecular complexity index is 371. The molecule has 1 amide bonds. The number of hydrogen-bond acceptors (Lipinski definition) is 2. The SMILES string of the molecule is CCNCCC(=O)Nc1ccc(Cl)c(Br)c1. The summed E-state index contributed by atoms with van der Waals surface area (Å²) >= 11 is 9.15. The van der Waals surface area contributed by atoms with Crippen LogP contribution in [0.3, 0.4) is 0 Å². The Hall–Kier alpha value is -0.580. The van der Waals surface area contributed by atoms with Gasteiger partial charge in [-0.3, -0.25) is 4.79 Å². The highest BCUT2D eigenvalue weighted by molar-refractivity contribution is 9.10. The van der Waals surface area contributed by atoms with Crippen molar-refractivity contribution in [1.29, 1.82) is 0 Å². The average Bonchev–Trinajstić information content (AvgIpc) is 2.24. The van der Waals surface area contributed by atoms with Crippen molar-refractivity contribution in [1.82, 2.24) is 5.32 Å². The van der Waals surface area contributed by atoms with Gasteiger partial charge in [-0.15, -0.1) is 0 Å². The first kappa shape index (κ1) is 13.5. The summed E-state index contributed by atoms with van der Waals surface area (Å²) in [4.78, 5) is 11.5. The fourth-order valence-electron chi connectivity index (χ4n) is 1.18. The van der Waals surface area contributed by atoms with Crippen molar-refractivity contribution in [2.45, 2.75) is 13.3 Å². The molecule has 0 aliphatic rings. The third kappa shape index (κ3) is 4.51. The second-order valence-electron chi connectivity index (χ2n) is 3.28. The van der Waals surface area contributed by atoms with Crippen LogP contribution in [0.1, 0.15) is 13.3 Å². The van der Waals surface area contributed by atoms with E-state index in [-0.39, 0.29) is 5.91 Å². The van der Waals surface area contributed by atoms with Crippen molar-refractivity contribution < 1.29 is 4.79 Å². The van der Waals surface area contributed by atoms with Crippen molar-refractivity contribution in [3.8, 4) is 0 Å². The number of halogens is 2. The molecular formula is C11H14BrClN2O. The van der Waals surface area contributed by atoms with E-state index in [1.165, 1.54) is 0 Å². The van der Waals surface area contributed by atoms with Gasteiger partial charge in [0.25, 0.3) is 0 Å². The van der Waals surface area contributed by atoms with Crippen LogP contribution in [0.4, 0.5) is 5.69 Å². The second-order valence-corrected chi connectivity index (χ2v) is 4.54. The molecule has 0 saturated heterocycles. The van der Waals surface area contributed by atoms with Crippen LogP contribution in [-0.2, 0) is 4.79 Å². The minimum absolute atomic E-state index is 0.00447. The molecule has 3 nitrogen and oxygen atoms in total. The lowest BCUT2D eigenvalue weighted by atomic mass is 10.3. The second kappa shape index (κ2) is 6.89. The van der Waals surface area contributed by atoms with Crippen molar-refractivity contribution in [2.24, 2.45) is 0 Å². The Morgan fingerprint density at radius 3 is 2.88 bits per heavy atom. The van der Waals surface area contributed by atoms with E-state index in [2.05, 4.69) is 26.6 Å². The Morgan fingerprint density at radius 2 is 2.25 bits per heavy atom. The van der Waals surface area contributed by atoms with Gasteiger partial charge in [-0.05, 0) is 40.7 Å². The Labute approximate surface area is 109 Å². The van der Waals surface area contributed by atoms with Crippen LogP contribution in [0.2, 0.25) is 5.02 Å². The van der Waals surface area contributed by atoms with Crippen LogP contribution in [0.5, 0.6) is 0 Å². The van der Waals surface area contributed by atoms with E-state index in [1.807, 2.05) is 6.92 Å². The van der Waals surface area contributed by atoms with Gasteiger partial charge in [0.05, 0.1) is 5.02 Å². The largest absolute Gasteiger partial charge is 0.326 e. The number of carbonyl (C=O) groups excluding carboxylic acids is 1. The van der Waals surface area contributed by atoms with Crippen LogP contribution < -0.4 is 10.6 Å². The molecule has 0 radical (unpaired) electrons. The standard InChI is InChI=1S/C11H14BrClN2O/c1-2-14-6-5-11(16)15-8-3-4-10(13)9(12)7-8/h3-4,7,14H,2,5-6H2,1H3,(H,15,16). The highest BCUT2D eigenvalue weighted by atomic mass is 79.9. The van der Waals surface area contributed by atoms with Crippen molar-refractivity contribution in [2.75, 3.05) is 18.4 Å². The monoisotopic (exact) mass is 304 g/mol. The summed E-state index contributed by atoms with van der Waals surface area (Å²) in [5, 5.41) is 6.53. The number of carbonyl (C=O) groups is 1. The molecule has 0 saturated carbocycles. The number of rotatable bonds is 5. The normalized spacial score (nSPS) is 10.2. The summed E-state index contributed by atoms with van der Waals surface area (Å²) in [5.74, 6) is -0.00447. The quantitative estimate of drug-likeness (QED) is 0.821. The van der Waals surface area contributed by atoms with Crippen LogP contribution in [0, 0.1) is 0 Å². The highest BCUT2D eigenvalue weighted by Crippen LogP contribution is 2.25. The number of nitrogens with one attached hydrogen (secondary N) is 2. The van der Waals surface area contributed by atoms with E-state index >= 15 is 0 Å². The first-order valence-corrected chi connectivity index (χ1v) is 6.26. The molecule has 0 atom stereocenters. The first-order valence-electron chi connectivity index (χ1n) is 5.09. The van der Waals surface area contributed by atoms with E-state index < -0.39 is 0 Å². The van der Waals surface area contributed by atoms with Crippen molar-refractivity contribution >= 4 is 39.1 Å². The van der Waals surface area contributed by atoms with Gasteiger partial charge in [-0.25, -0.2) is 0 Å². The molecule has 2 N–H and O–H groups in total. The lowest BCUT2D eigenvalue weighted by Gasteiger charge is -2.06. The van der Waals surface area contributed by atoms with Crippen molar-refractivity contribution in [3.05, 3.63) is 27.7 Å². The molecule has 0 heterocycles. The zero-order valence-electron chi connectivity index (χ0n) is 9.02. The molecule has 0 fully saturated rings. The van der Waals surface area contributed by atoms with E-state index in [0.717, 1.165) is 16.7 Å². The fraction of sp³-hybridized carbons (Fsp3) is 0.364. The number of anilines is 1. The zero-order valence-corrected chi connectivity index (χ0v) is 11.4. The van der Waals surface area contributed by atoms with E-state index in [4.69, 9.17) is 11.6 Å². The van der Waals surface area contributed by atoms with Crippen LogP contribution in [-0.4, -0.2) is 19.0 Å². The summed E-state index contributed by atoms with van der Waals surface area (Å²) in [6.45, 7) is 3.57. The third-order valence-corrected chi connectivity index (χ3v) is 3.20. The molecule has 0 unspecified atom stereocenters. The van der Waals surface area contributed by atoms with Gasteiger partial charge < -0.3 is 10.6 Å². The van der Waals surface area contributed by atoms with E-state index in [9.17, 15) is 4.79 Å². The van der Waals surface area contributed by atoms with Gasteiger partial charge in [0.2, 0.25) is 5.91 Å². The maximum atomic E-state index is 11.5. The predicted octanol–water partition coefficient (Wildman–Crippen LogP) is 3.04. The van der Waals surface area contributed by atoms with E-state index in [1.54, 1.807) is 18.2 Å². The molecule has 0 aliphatic heterocycles. The molecule has 16 heavy (non-hydrogen) atoms. The number of benzene rings is 1. The summed E-state index contributed by atoms with van der Waals surface area (Å²) in [6, 6.07) is 5.30. The molecule has 1 aromatic rings. The summed E-state index contributed by atoms with van der Waals surface area (Å²) in [6.07, 6.45) is 0.466. The fourth-order valence-corrected chi connectivity index (χ4v) is 1.67. The predicted molar refractivity (Wildman–Crippen MR) is 70.9 cm³/mol. The molecule has 5 heteroatoms. The Balaban J connectivity index is 2.46. The maximum Gasteiger partial charge on any atom is 0.225 e. The number of hydrogen-bond donors (Lipinski definition) is 2. The van der Waals surface area contributed by atoms with E-state index in [0.29, 0.717) is 18.0 Å². The summed E-state index contributed by atoms with van der Waals surface area (Å²) < 4.78 is 0.777. The third-order valence-electron chi connectivity index (χ3n) is 1.98. The molecule has 0 aliphatic carbocycles. The average molecular weight is 306 g/mol. The van der Waals surface area contributed by atoms with Crippen LogP contribution in [0.15, 0.2) is 22.7 Å².